The van der Waals surface area contributed by atoms with E-state index in [4.69, 9.17) is 5.73 Å². The molecule has 0 saturated heterocycles. The van der Waals surface area contributed by atoms with Crippen LogP contribution in [0.2, 0.25) is 0 Å². The summed E-state index contributed by atoms with van der Waals surface area (Å²) in [5.41, 5.74) is 6.55. The molecule has 0 unspecified atom stereocenters. The number of nitrogens with one attached hydrogen (secondary N) is 1. The number of nitrogens with two attached hydrogens (primary N) is 1. The van der Waals surface area contributed by atoms with E-state index in [2.05, 4.69) is 10.3 Å². The lowest BCUT2D eigenvalue weighted by molar-refractivity contribution is -0.114. The van der Waals surface area contributed by atoms with E-state index in [0.29, 0.717) is 5.00 Å². The Morgan fingerprint density at radius 1 is 1.67 bits per heavy atom. The molecule has 5 nitrogen and oxygen atoms in total. The van der Waals surface area contributed by atoms with Crippen molar-refractivity contribution in [3.63, 3.8) is 0 Å². The fourth-order valence-electron chi connectivity index (χ4n) is 0.670. The average Bonchev–Trinajstić information content (AvgIpc) is 2.33. The summed E-state index contributed by atoms with van der Waals surface area (Å²) in [4.78, 5) is 25.0. The number of carbonyl (C=O) groups excluding carboxylic acids is 2. The first kappa shape index (κ1) is 8.66. The number of hydrogen-bond acceptors (Lipinski definition) is 4. The zero-order valence-electron chi connectivity index (χ0n) is 6.33. The van der Waals surface area contributed by atoms with Gasteiger partial charge in [0.05, 0.1) is 5.51 Å². The lowest BCUT2D eigenvalue weighted by atomic mass is 10.4. The van der Waals surface area contributed by atoms with Crippen molar-refractivity contribution >= 4 is 28.2 Å². The van der Waals surface area contributed by atoms with Crippen molar-refractivity contribution in [3.05, 3.63) is 11.2 Å². The highest BCUT2D eigenvalue weighted by molar-refractivity contribution is 7.14. The normalized spacial score (nSPS) is 9.42. The molecule has 1 rings (SSSR count). The molecule has 0 bridgehead atoms. The van der Waals surface area contributed by atoms with Gasteiger partial charge in [0, 0.05) is 6.92 Å². The third kappa shape index (κ3) is 1.79. The molecule has 1 aromatic rings. The summed E-state index contributed by atoms with van der Waals surface area (Å²) in [5.74, 6) is -0.887. The first-order valence-electron chi connectivity index (χ1n) is 3.12. The Labute approximate surface area is 72.6 Å². The zero-order valence-corrected chi connectivity index (χ0v) is 7.14. The SMILES string of the molecule is CC(=O)Nc1scnc1C(N)=O. The van der Waals surface area contributed by atoms with E-state index in [9.17, 15) is 9.59 Å². The highest BCUT2D eigenvalue weighted by Gasteiger charge is 2.11. The standard InChI is InChI=1S/C6H7N3O2S/c1-3(10)9-6-4(5(7)11)8-2-12-6/h2H,1H3,(H2,7,11)(H,9,10). The van der Waals surface area contributed by atoms with Crippen molar-refractivity contribution < 1.29 is 9.59 Å². The summed E-state index contributed by atoms with van der Waals surface area (Å²) in [7, 11) is 0. The Bertz CT molecular complexity index is 320. The third-order valence-electron chi connectivity index (χ3n) is 1.09. The molecule has 0 atom stereocenters. The molecule has 2 amide bonds. The van der Waals surface area contributed by atoms with Crippen LogP contribution in [0, 0.1) is 0 Å². The summed E-state index contributed by atoms with van der Waals surface area (Å²) >= 11 is 1.16. The third-order valence-corrected chi connectivity index (χ3v) is 1.83. The van der Waals surface area contributed by atoms with Crippen LogP contribution in [0.1, 0.15) is 17.4 Å². The zero-order chi connectivity index (χ0) is 9.14. The number of primary amides is 1. The molecular formula is C6H7N3O2S. The van der Waals surface area contributed by atoms with E-state index in [-0.39, 0.29) is 11.6 Å². The number of carbonyl (C=O) groups is 2. The van der Waals surface area contributed by atoms with Crippen molar-refractivity contribution in [3.8, 4) is 0 Å². The predicted octanol–water partition coefficient (Wildman–Crippen LogP) is 0.200. The number of hydrogen-bond donors (Lipinski definition) is 2. The van der Waals surface area contributed by atoms with Crippen LogP contribution in [0.3, 0.4) is 0 Å². The second-order valence-electron chi connectivity index (χ2n) is 2.08. The Morgan fingerprint density at radius 3 is 2.83 bits per heavy atom. The number of rotatable bonds is 2. The van der Waals surface area contributed by atoms with E-state index in [0.717, 1.165) is 11.3 Å². The summed E-state index contributed by atoms with van der Waals surface area (Å²) < 4.78 is 0. The fourth-order valence-corrected chi connectivity index (χ4v) is 1.40. The number of thiazole rings is 1. The van der Waals surface area contributed by atoms with Crippen molar-refractivity contribution in [2.45, 2.75) is 6.92 Å². The lowest BCUT2D eigenvalue weighted by Gasteiger charge is -1.97. The molecule has 0 aliphatic carbocycles. The van der Waals surface area contributed by atoms with E-state index in [1.54, 1.807) is 0 Å². The van der Waals surface area contributed by atoms with Gasteiger partial charge in [-0.05, 0) is 0 Å². The fraction of sp³-hybridized carbons (Fsp3) is 0.167. The molecule has 0 aliphatic rings. The molecule has 1 aromatic heterocycles. The van der Waals surface area contributed by atoms with Gasteiger partial charge >= 0.3 is 0 Å². The summed E-state index contributed by atoms with van der Waals surface area (Å²) in [6.45, 7) is 1.35. The maximum Gasteiger partial charge on any atom is 0.270 e. The van der Waals surface area contributed by atoms with E-state index in [1.807, 2.05) is 0 Å². The predicted molar refractivity (Wildman–Crippen MR) is 44.9 cm³/mol. The van der Waals surface area contributed by atoms with Gasteiger partial charge in [0.1, 0.15) is 5.00 Å². The molecule has 6 heteroatoms. The number of anilines is 1. The largest absolute Gasteiger partial charge is 0.364 e. The van der Waals surface area contributed by atoms with Gasteiger partial charge in [-0.15, -0.1) is 11.3 Å². The van der Waals surface area contributed by atoms with Crippen molar-refractivity contribution in [1.29, 1.82) is 0 Å². The molecule has 3 N–H and O–H groups in total. The van der Waals surface area contributed by atoms with Gasteiger partial charge in [-0.3, -0.25) is 9.59 Å². The monoisotopic (exact) mass is 185 g/mol. The van der Waals surface area contributed by atoms with Crippen molar-refractivity contribution in [1.82, 2.24) is 4.98 Å². The first-order chi connectivity index (χ1) is 5.61. The highest BCUT2D eigenvalue weighted by Crippen LogP contribution is 2.18. The molecule has 0 aliphatic heterocycles. The molecule has 0 spiro atoms. The minimum absolute atomic E-state index is 0.107. The molecule has 0 fully saturated rings. The van der Waals surface area contributed by atoms with Crippen LogP contribution in [0.4, 0.5) is 5.00 Å². The quantitative estimate of drug-likeness (QED) is 0.690. The number of aromatic nitrogens is 1. The van der Waals surface area contributed by atoms with Crippen LogP contribution in [-0.2, 0) is 4.79 Å². The van der Waals surface area contributed by atoms with E-state index < -0.39 is 5.91 Å². The van der Waals surface area contributed by atoms with Crippen LogP contribution < -0.4 is 11.1 Å². The van der Waals surface area contributed by atoms with Gasteiger partial charge in [-0.25, -0.2) is 4.98 Å². The van der Waals surface area contributed by atoms with Crippen LogP contribution in [0.25, 0.3) is 0 Å². The second kappa shape index (κ2) is 3.31. The lowest BCUT2D eigenvalue weighted by Crippen LogP contribution is -2.15. The van der Waals surface area contributed by atoms with Gasteiger partial charge in [-0.2, -0.15) is 0 Å². The number of amides is 2. The average molecular weight is 185 g/mol. The first-order valence-corrected chi connectivity index (χ1v) is 4.00. The Balaban J connectivity index is 2.91. The van der Waals surface area contributed by atoms with Gasteiger partial charge < -0.3 is 11.1 Å². The summed E-state index contributed by atoms with van der Waals surface area (Å²) in [5, 5.41) is 2.85. The van der Waals surface area contributed by atoms with E-state index >= 15 is 0 Å². The number of nitrogens with zero attached hydrogens (tertiary/aromatic N) is 1. The van der Waals surface area contributed by atoms with Crippen LogP contribution in [0.15, 0.2) is 5.51 Å². The van der Waals surface area contributed by atoms with Crippen LogP contribution in [-0.4, -0.2) is 16.8 Å². The topological polar surface area (TPSA) is 85.1 Å². The molecule has 64 valence electrons. The van der Waals surface area contributed by atoms with Gasteiger partial charge in [0.2, 0.25) is 5.91 Å². The minimum Gasteiger partial charge on any atom is -0.364 e. The Kier molecular flexibility index (Phi) is 2.39. The van der Waals surface area contributed by atoms with Crippen LogP contribution >= 0.6 is 11.3 Å². The van der Waals surface area contributed by atoms with Gasteiger partial charge in [0.25, 0.3) is 5.91 Å². The van der Waals surface area contributed by atoms with Crippen LogP contribution in [0.5, 0.6) is 0 Å². The van der Waals surface area contributed by atoms with Crippen molar-refractivity contribution in [2.24, 2.45) is 5.73 Å². The molecule has 12 heavy (non-hydrogen) atoms. The molecular weight excluding hydrogens is 178 g/mol. The van der Waals surface area contributed by atoms with E-state index in [1.165, 1.54) is 12.4 Å². The van der Waals surface area contributed by atoms with Crippen molar-refractivity contribution in [2.75, 3.05) is 5.32 Å². The Morgan fingerprint density at radius 2 is 2.33 bits per heavy atom. The maximum atomic E-state index is 10.7. The Hall–Kier alpha value is -1.43. The highest BCUT2D eigenvalue weighted by atomic mass is 32.1. The summed E-state index contributed by atoms with van der Waals surface area (Å²) in [6.07, 6.45) is 0. The van der Waals surface area contributed by atoms with Gasteiger partial charge in [0.15, 0.2) is 5.69 Å². The molecule has 0 radical (unpaired) electrons. The summed E-state index contributed by atoms with van der Waals surface area (Å²) in [6, 6.07) is 0. The molecule has 1 heterocycles. The second-order valence-corrected chi connectivity index (χ2v) is 2.93. The smallest absolute Gasteiger partial charge is 0.270 e. The molecule has 0 saturated carbocycles. The molecule has 0 aromatic carbocycles. The minimum atomic E-state index is -0.639. The maximum absolute atomic E-state index is 10.7. The van der Waals surface area contributed by atoms with Gasteiger partial charge in [-0.1, -0.05) is 0 Å².